The zero-order valence-corrected chi connectivity index (χ0v) is 9.59. The number of hydrogen-bond acceptors (Lipinski definition) is 2. The molecule has 0 bridgehead atoms. The van der Waals surface area contributed by atoms with Gasteiger partial charge in [0.15, 0.2) is 0 Å². The number of amides is 2. The molecule has 0 aromatic heterocycles. The molecule has 1 aliphatic heterocycles. The highest BCUT2D eigenvalue weighted by Gasteiger charge is 2.44. The van der Waals surface area contributed by atoms with Gasteiger partial charge in [0.05, 0.1) is 0 Å². The molecule has 2 rings (SSSR count). The number of rotatable bonds is 3. The molecule has 1 saturated carbocycles. The van der Waals surface area contributed by atoms with E-state index in [1.54, 1.807) is 0 Å². The predicted octanol–water partition coefficient (Wildman–Crippen LogP) is 1.45. The Hall–Kier alpha value is -0.380. The summed E-state index contributed by atoms with van der Waals surface area (Å²) < 4.78 is 0. The first-order chi connectivity index (χ1) is 6.67. The third kappa shape index (κ3) is 1.85. The van der Waals surface area contributed by atoms with E-state index in [-0.39, 0.29) is 6.03 Å². The third-order valence-electron chi connectivity index (χ3n) is 3.34. The van der Waals surface area contributed by atoms with Crippen molar-refractivity contribution < 1.29 is 4.79 Å². The van der Waals surface area contributed by atoms with Crippen molar-refractivity contribution in [2.24, 2.45) is 5.41 Å². The molecule has 0 N–H and O–H groups in total. The topological polar surface area (TPSA) is 23.6 Å². The molecular formula is C10H18N2OS. The Morgan fingerprint density at radius 1 is 1.43 bits per heavy atom. The van der Waals surface area contributed by atoms with Crippen LogP contribution in [0.3, 0.4) is 0 Å². The van der Waals surface area contributed by atoms with Gasteiger partial charge in [-0.2, -0.15) is 12.6 Å². The lowest BCUT2D eigenvalue weighted by Crippen LogP contribution is -2.49. The lowest BCUT2D eigenvalue weighted by Gasteiger charge is -2.35. The van der Waals surface area contributed by atoms with Crippen LogP contribution in [0, 0.1) is 5.41 Å². The summed E-state index contributed by atoms with van der Waals surface area (Å²) in [4.78, 5) is 15.6. The van der Waals surface area contributed by atoms with Crippen molar-refractivity contribution in [1.29, 1.82) is 0 Å². The van der Waals surface area contributed by atoms with Crippen molar-refractivity contribution in [3.8, 4) is 0 Å². The molecule has 80 valence electrons. The number of hydrogen-bond donors (Lipinski definition) is 1. The van der Waals surface area contributed by atoms with E-state index in [2.05, 4.69) is 12.6 Å². The van der Waals surface area contributed by atoms with Crippen LogP contribution >= 0.6 is 12.6 Å². The Morgan fingerprint density at radius 2 is 2.14 bits per heavy atom. The zero-order valence-electron chi connectivity index (χ0n) is 8.70. The largest absolute Gasteiger partial charge is 0.328 e. The van der Waals surface area contributed by atoms with Gasteiger partial charge in [0.25, 0.3) is 0 Å². The van der Waals surface area contributed by atoms with Gasteiger partial charge < -0.3 is 9.80 Å². The second-order valence-corrected chi connectivity index (χ2v) is 4.95. The summed E-state index contributed by atoms with van der Waals surface area (Å²) in [6.07, 6.45) is 3.58. The molecular weight excluding hydrogens is 196 g/mol. The van der Waals surface area contributed by atoms with E-state index in [0.29, 0.717) is 5.41 Å². The van der Waals surface area contributed by atoms with Crippen LogP contribution in [-0.2, 0) is 0 Å². The summed E-state index contributed by atoms with van der Waals surface area (Å²) in [6, 6.07) is 0.198. The molecule has 2 aliphatic rings. The number of carbonyl (C=O) groups is 1. The maximum atomic E-state index is 11.8. The first kappa shape index (κ1) is 10.1. The van der Waals surface area contributed by atoms with Gasteiger partial charge in [-0.05, 0) is 30.4 Å². The molecule has 0 aromatic rings. The predicted molar refractivity (Wildman–Crippen MR) is 59.7 cm³/mol. The second kappa shape index (κ2) is 3.65. The summed E-state index contributed by atoms with van der Waals surface area (Å²) in [5, 5.41) is 0. The van der Waals surface area contributed by atoms with Gasteiger partial charge in [-0.1, -0.05) is 0 Å². The molecule has 0 spiro atoms. The second-order valence-electron chi connectivity index (χ2n) is 4.64. The summed E-state index contributed by atoms with van der Waals surface area (Å²) >= 11 is 4.36. The molecule has 1 saturated heterocycles. The van der Waals surface area contributed by atoms with Crippen molar-refractivity contribution in [3.63, 3.8) is 0 Å². The van der Waals surface area contributed by atoms with Crippen molar-refractivity contribution in [2.45, 2.75) is 19.3 Å². The highest BCUT2D eigenvalue weighted by Crippen LogP contribution is 2.47. The summed E-state index contributed by atoms with van der Waals surface area (Å²) in [7, 11) is 1.88. The number of thiol groups is 1. The average molecular weight is 214 g/mol. The van der Waals surface area contributed by atoms with Crippen LogP contribution in [0.15, 0.2) is 0 Å². The monoisotopic (exact) mass is 214 g/mol. The molecule has 3 nitrogen and oxygen atoms in total. The van der Waals surface area contributed by atoms with Crippen LogP contribution in [0.4, 0.5) is 4.79 Å². The minimum absolute atomic E-state index is 0.198. The molecule has 2 amide bonds. The van der Waals surface area contributed by atoms with Gasteiger partial charge in [0.1, 0.15) is 0 Å². The molecule has 0 aromatic carbocycles. The maximum Gasteiger partial charge on any atom is 0.319 e. The number of urea groups is 1. The fourth-order valence-electron chi connectivity index (χ4n) is 2.03. The van der Waals surface area contributed by atoms with E-state index in [1.807, 2.05) is 16.8 Å². The van der Waals surface area contributed by atoms with Crippen LogP contribution < -0.4 is 0 Å². The standard InChI is InChI=1S/C10H18N2OS/c1-11-5-2-6-12(9(11)13)7-10(8-14)3-4-10/h14H,2-8H2,1H3. The van der Waals surface area contributed by atoms with E-state index in [9.17, 15) is 4.79 Å². The van der Waals surface area contributed by atoms with E-state index in [1.165, 1.54) is 12.8 Å². The van der Waals surface area contributed by atoms with Gasteiger partial charge in [0, 0.05) is 26.7 Å². The van der Waals surface area contributed by atoms with Gasteiger partial charge in [-0.3, -0.25) is 0 Å². The lowest BCUT2D eigenvalue weighted by molar-refractivity contribution is 0.131. The van der Waals surface area contributed by atoms with Crippen molar-refractivity contribution >= 4 is 18.7 Å². The fraction of sp³-hybridized carbons (Fsp3) is 0.900. The average Bonchev–Trinajstić information content (AvgIpc) is 2.94. The highest BCUT2D eigenvalue weighted by molar-refractivity contribution is 7.80. The minimum Gasteiger partial charge on any atom is -0.328 e. The van der Waals surface area contributed by atoms with Crippen LogP contribution in [-0.4, -0.2) is 48.3 Å². The minimum atomic E-state index is 0.198. The summed E-state index contributed by atoms with van der Waals surface area (Å²) in [6.45, 7) is 2.75. The lowest BCUT2D eigenvalue weighted by atomic mass is 10.1. The fourth-order valence-corrected chi connectivity index (χ4v) is 2.44. The molecule has 0 atom stereocenters. The van der Waals surface area contributed by atoms with Crippen LogP contribution in [0.25, 0.3) is 0 Å². The Labute approximate surface area is 90.8 Å². The SMILES string of the molecule is CN1CCCN(CC2(CS)CC2)C1=O. The highest BCUT2D eigenvalue weighted by atomic mass is 32.1. The van der Waals surface area contributed by atoms with Gasteiger partial charge in [-0.15, -0.1) is 0 Å². The number of carbonyl (C=O) groups excluding carboxylic acids is 1. The van der Waals surface area contributed by atoms with Gasteiger partial charge >= 0.3 is 6.03 Å². The van der Waals surface area contributed by atoms with Crippen LogP contribution in [0.2, 0.25) is 0 Å². The van der Waals surface area contributed by atoms with Crippen LogP contribution in [0.1, 0.15) is 19.3 Å². The smallest absolute Gasteiger partial charge is 0.319 e. The molecule has 1 heterocycles. The Balaban J connectivity index is 1.93. The summed E-state index contributed by atoms with van der Waals surface area (Å²) in [5.74, 6) is 0.917. The maximum absolute atomic E-state index is 11.8. The Morgan fingerprint density at radius 3 is 2.71 bits per heavy atom. The molecule has 0 radical (unpaired) electrons. The van der Waals surface area contributed by atoms with Crippen molar-refractivity contribution in [3.05, 3.63) is 0 Å². The Kier molecular flexibility index (Phi) is 2.64. The van der Waals surface area contributed by atoms with Gasteiger partial charge in [-0.25, -0.2) is 4.79 Å². The Bertz CT molecular complexity index is 240. The first-order valence-corrected chi connectivity index (χ1v) is 5.91. The van der Waals surface area contributed by atoms with E-state index in [4.69, 9.17) is 0 Å². The molecule has 1 aliphatic carbocycles. The van der Waals surface area contributed by atoms with E-state index in [0.717, 1.165) is 31.8 Å². The molecule has 4 heteroatoms. The van der Waals surface area contributed by atoms with Crippen molar-refractivity contribution in [1.82, 2.24) is 9.80 Å². The van der Waals surface area contributed by atoms with Crippen molar-refractivity contribution in [2.75, 3.05) is 32.4 Å². The summed E-state index contributed by atoms with van der Waals surface area (Å²) in [5.41, 5.74) is 0.358. The van der Waals surface area contributed by atoms with Gasteiger partial charge in [0.2, 0.25) is 0 Å². The molecule has 0 unspecified atom stereocenters. The zero-order chi connectivity index (χ0) is 10.2. The molecule has 2 fully saturated rings. The van der Waals surface area contributed by atoms with E-state index < -0.39 is 0 Å². The number of nitrogens with zero attached hydrogens (tertiary/aromatic N) is 2. The third-order valence-corrected chi connectivity index (χ3v) is 4.01. The van der Waals surface area contributed by atoms with Crippen LogP contribution in [0.5, 0.6) is 0 Å². The quantitative estimate of drug-likeness (QED) is 0.706. The molecule has 14 heavy (non-hydrogen) atoms. The normalized spacial score (nSPS) is 25.4. The first-order valence-electron chi connectivity index (χ1n) is 5.28. The van der Waals surface area contributed by atoms with E-state index >= 15 is 0 Å².